The number of hydrogen-bond donors (Lipinski definition) is 0. The molecule has 13 nitrogen and oxygen atoms in total. The fourth-order valence-electron chi connectivity index (χ4n) is 3.26. The third-order valence-corrected chi connectivity index (χ3v) is 5.81. The normalized spacial score (nSPS) is 12.0. The lowest BCUT2D eigenvalue weighted by Crippen LogP contribution is -2.15. The van der Waals surface area contributed by atoms with Gasteiger partial charge in [-0.25, -0.2) is 0 Å². The fraction of sp³-hybridized carbons (Fsp3) is 1.00. The summed E-state index contributed by atoms with van der Waals surface area (Å²) in [4.78, 5) is 0. The SMILES string of the molecule is CCCOCCOCCOCCOCCOCCOCCOCCOCCOCCOCCOCCOCCOCCC(C)(C)C. The van der Waals surface area contributed by atoms with E-state index in [2.05, 4.69) is 27.7 Å². The summed E-state index contributed by atoms with van der Waals surface area (Å²) in [5.74, 6) is 0. The minimum Gasteiger partial charge on any atom is -0.379 e. The highest BCUT2D eigenvalue weighted by Crippen LogP contribution is 2.17. The monoisotopic (exact) mass is 672 g/mol. The maximum Gasteiger partial charge on any atom is 0.0701 e. The van der Waals surface area contributed by atoms with Crippen molar-refractivity contribution >= 4 is 0 Å². The Kier molecular flexibility index (Phi) is 38.5. The molecule has 0 aromatic carbocycles. The van der Waals surface area contributed by atoms with Crippen molar-refractivity contribution < 1.29 is 61.6 Å². The smallest absolute Gasteiger partial charge is 0.0701 e. The van der Waals surface area contributed by atoms with Crippen LogP contribution in [0.4, 0.5) is 0 Å². The zero-order valence-electron chi connectivity index (χ0n) is 29.6. The zero-order valence-corrected chi connectivity index (χ0v) is 29.6. The van der Waals surface area contributed by atoms with E-state index < -0.39 is 0 Å². The van der Waals surface area contributed by atoms with Gasteiger partial charge in [0.05, 0.1) is 159 Å². The van der Waals surface area contributed by atoms with Crippen molar-refractivity contribution in [2.24, 2.45) is 5.41 Å². The van der Waals surface area contributed by atoms with E-state index in [0.717, 1.165) is 26.1 Å². The van der Waals surface area contributed by atoms with E-state index in [-0.39, 0.29) is 0 Å². The van der Waals surface area contributed by atoms with Gasteiger partial charge in [-0.3, -0.25) is 0 Å². The Labute approximate surface area is 279 Å². The average molecular weight is 673 g/mol. The largest absolute Gasteiger partial charge is 0.379 e. The van der Waals surface area contributed by atoms with Crippen LogP contribution in [0.3, 0.4) is 0 Å². The van der Waals surface area contributed by atoms with E-state index in [1.54, 1.807) is 0 Å². The maximum atomic E-state index is 5.56. The predicted octanol–water partition coefficient (Wildman–Crippen LogP) is 3.05. The molecule has 0 heterocycles. The second-order valence-electron chi connectivity index (χ2n) is 11.3. The molecule has 0 aromatic rings. The fourth-order valence-corrected chi connectivity index (χ4v) is 3.26. The molecule has 0 radical (unpaired) electrons. The van der Waals surface area contributed by atoms with Crippen LogP contribution < -0.4 is 0 Å². The van der Waals surface area contributed by atoms with Crippen LogP contribution in [0.15, 0.2) is 0 Å². The van der Waals surface area contributed by atoms with Crippen molar-refractivity contribution in [3.63, 3.8) is 0 Å². The molecule has 0 fully saturated rings. The van der Waals surface area contributed by atoms with Gasteiger partial charge in [0.15, 0.2) is 0 Å². The standard InChI is InChI=1S/C33H68O13/c1-5-7-34-9-11-36-13-15-38-17-19-40-21-23-42-25-27-44-29-31-46-32-30-45-28-26-43-24-22-41-20-18-39-16-14-37-12-10-35-8-6-33(2,3)4/h5-32H2,1-4H3. The molecule has 278 valence electrons. The molecule has 0 saturated heterocycles. The van der Waals surface area contributed by atoms with Crippen molar-refractivity contribution in [1.82, 2.24) is 0 Å². The van der Waals surface area contributed by atoms with Gasteiger partial charge in [-0.2, -0.15) is 0 Å². The molecule has 0 saturated carbocycles. The minimum atomic E-state index is 0.304. The van der Waals surface area contributed by atoms with Crippen LogP contribution >= 0.6 is 0 Å². The molecular weight excluding hydrogens is 604 g/mol. The van der Waals surface area contributed by atoms with Gasteiger partial charge in [0.1, 0.15) is 0 Å². The van der Waals surface area contributed by atoms with Gasteiger partial charge in [-0.1, -0.05) is 27.7 Å². The van der Waals surface area contributed by atoms with Crippen molar-refractivity contribution in [2.75, 3.05) is 172 Å². The van der Waals surface area contributed by atoms with Gasteiger partial charge in [0.2, 0.25) is 0 Å². The molecule has 0 bridgehead atoms. The van der Waals surface area contributed by atoms with Crippen LogP contribution in [-0.4, -0.2) is 172 Å². The molecule has 0 unspecified atom stereocenters. The number of ether oxygens (including phenoxy) is 13. The summed E-state index contributed by atoms with van der Waals surface area (Å²) < 4.78 is 71.1. The molecule has 0 amide bonds. The highest BCUT2D eigenvalue weighted by molar-refractivity contribution is 4.59. The predicted molar refractivity (Wildman–Crippen MR) is 175 cm³/mol. The Bertz CT molecular complexity index is 552. The molecule has 0 aliphatic heterocycles. The number of rotatable bonds is 40. The molecule has 46 heavy (non-hydrogen) atoms. The highest BCUT2D eigenvalue weighted by Gasteiger charge is 2.09. The first-order valence-corrected chi connectivity index (χ1v) is 17.1. The van der Waals surface area contributed by atoms with Gasteiger partial charge in [-0.15, -0.1) is 0 Å². The lowest BCUT2D eigenvalue weighted by atomic mass is 9.93. The topological polar surface area (TPSA) is 120 Å². The van der Waals surface area contributed by atoms with E-state index in [9.17, 15) is 0 Å². The summed E-state index contributed by atoms with van der Waals surface area (Å²) >= 11 is 0. The summed E-state index contributed by atoms with van der Waals surface area (Å²) in [5.41, 5.74) is 0.304. The number of hydrogen-bond acceptors (Lipinski definition) is 13. The van der Waals surface area contributed by atoms with Crippen LogP contribution in [0.5, 0.6) is 0 Å². The van der Waals surface area contributed by atoms with Crippen LogP contribution in [0, 0.1) is 5.41 Å². The minimum absolute atomic E-state index is 0.304. The molecule has 0 aliphatic rings. The van der Waals surface area contributed by atoms with Crippen molar-refractivity contribution in [3.8, 4) is 0 Å². The summed E-state index contributed by atoms with van der Waals surface area (Å²) in [6.07, 6.45) is 2.07. The van der Waals surface area contributed by atoms with Crippen molar-refractivity contribution in [3.05, 3.63) is 0 Å². The molecule has 13 heteroatoms. The molecule has 0 atom stereocenters. The van der Waals surface area contributed by atoms with Gasteiger partial charge in [0, 0.05) is 13.2 Å². The lowest BCUT2D eigenvalue weighted by molar-refractivity contribution is -0.0291. The van der Waals surface area contributed by atoms with Gasteiger partial charge >= 0.3 is 0 Å². The first-order valence-electron chi connectivity index (χ1n) is 17.1. The molecule has 0 spiro atoms. The van der Waals surface area contributed by atoms with E-state index in [1.807, 2.05) is 0 Å². The summed E-state index contributed by atoms with van der Waals surface area (Å²) in [7, 11) is 0. The van der Waals surface area contributed by atoms with Gasteiger partial charge in [-0.05, 0) is 18.3 Å². The van der Waals surface area contributed by atoms with Crippen LogP contribution in [0.1, 0.15) is 40.5 Å². The van der Waals surface area contributed by atoms with Crippen LogP contribution in [-0.2, 0) is 61.6 Å². The summed E-state index contributed by atoms with van der Waals surface area (Å²) in [6, 6.07) is 0. The molecule has 0 aliphatic carbocycles. The van der Waals surface area contributed by atoms with Crippen molar-refractivity contribution in [2.45, 2.75) is 40.5 Å². The third kappa shape index (κ3) is 43.5. The highest BCUT2D eigenvalue weighted by atomic mass is 16.6. The molecule has 0 N–H and O–H groups in total. The van der Waals surface area contributed by atoms with E-state index in [0.29, 0.717) is 164 Å². The summed E-state index contributed by atoms with van der Waals surface area (Å²) in [5, 5.41) is 0. The Morgan fingerprint density at radius 3 is 0.543 bits per heavy atom. The first kappa shape index (κ1) is 45.5. The second kappa shape index (κ2) is 38.9. The van der Waals surface area contributed by atoms with E-state index in [1.165, 1.54) is 0 Å². The quantitative estimate of drug-likeness (QED) is 0.0888. The molecule has 0 rings (SSSR count). The van der Waals surface area contributed by atoms with Crippen molar-refractivity contribution in [1.29, 1.82) is 0 Å². The van der Waals surface area contributed by atoms with E-state index >= 15 is 0 Å². The Morgan fingerprint density at radius 1 is 0.239 bits per heavy atom. The van der Waals surface area contributed by atoms with Gasteiger partial charge < -0.3 is 61.6 Å². The molecule has 0 aromatic heterocycles. The Hall–Kier alpha value is -0.520. The zero-order chi connectivity index (χ0) is 33.5. The van der Waals surface area contributed by atoms with Crippen LogP contribution in [0.25, 0.3) is 0 Å². The van der Waals surface area contributed by atoms with E-state index in [4.69, 9.17) is 61.6 Å². The van der Waals surface area contributed by atoms with Crippen LogP contribution in [0.2, 0.25) is 0 Å². The molecular formula is C33H68O13. The average Bonchev–Trinajstić information content (AvgIpc) is 3.03. The third-order valence-electron chi connectivity index (χ3n) is 5.81. The Morgan fingerprint density at radius 2 is 0.391 bits per heavy atom. The maximum absolute atomic E-state index is 5.56. The second-order valence-corrected chi connectivity index (χ2v) is 11.3. The lowest BCUT2D eigenvalue weighted by Gasteiger charge is -2.17. The summed E-state index contributed by atoms with van der Waals surface area (Å²) in [6.45, 7) is 23.3. The first-order chi connectivity index (χ1) is 22.6. The van der Waals surface area contributed by atoms with Gasteiger partial charge in [0.25, 0.3) is 0 Å². The Balaban J connectivity index is 3.05.